The molecule has 0 aliphatic heterocycles. The first-order valence-corrected chi connectivity index (χ1v) is 4.79. The Labute approximate surface area is 93.6 Å². The van der Waals surface area contributed by atoms with Gasteiger partial charge in [-0.25, -0.2) is 4.79 Å². The van der Waals surface area contributed by atoms with Gasteiger partial charge < -0.3 is 15.8 Å². The summed E-state index contributed by atoms with van der Waals surface area (Å²) in [6, 6.07) is 5.87. The zero-order chi connectivity index (χ0) is 12.1. The maximum atomic E-state index is 11.3. The van der Waals surface area contributed by atoms with Gasteiger partial charge in [0.2, 0.25) is 5.91 Å². The van der Waals surface area contributed by atoms with Gasteiger partial charge in [-0.15, -0.1) is 0 Å². The van der Waals surface area contributed by atoms with E-state index in [1.165, 1.54) is 13.2 Å². The Kier molecular flexibility index (Phi) is 4.02. The molecule has 0 saturated carbocycles. The third kappa shape index (κ3) is 3.06. The Morgan fingerprint density at radius 2 is 2.12 bits per heavy atom. The minimum Gasteiger partial charge on any atom is -0.465 e. The van der Waals surface area contributed by atoms with Crippen LogP contribution in [0.25, 0.3) is 0 Å². The maximum absolute atomic E-state index is 11.3. The fraction of sp³-hybridized carbons (Fsp3) is 0.273. The van der Waals surface area contributed by atoms with Crippen molar-refractivity contribution < 1.29 is 14.3 Å². The average molecular weight is 222 g/mol. The van der Waals surface area contributed by atoms with Crippen molar-refractivity contribution >= 4 is 17.6 Å². The molecule has 0 aromatic heterocycles. The van der Waals surface area contributed by atoms with E-state index in [0.717, 1.165) is 0 Å². The zero-order valence-electron chi connectivity index (χ0n) is 9.19. The molecular formula is C11H14N2O3. The number of ether oxygens (including phenoxy) is 1. The molecule has 1 aromatic rings. The van der Waals surface area contributed by atoms with Crippen molar-refractivity contribution in [3.05, 3.63) is 29.8 Å². The lowest BCUT2D eigenvalue weighted by molar-refractivity contribution is -0.117. The highest BCUT2D eigenvalue weighted by molar-refractivity contribution is 5.96. The molecule has 3 N–H and O–H groups in total. The molecule has 5 heteroatoms. The van der Waals surface area contributed by atoms with Crippen LogP contribution in [0, 0.1) is 0 Å². The summed E-state index contributed by atoms with van der Waals surface area (Å²) in [7, 11) is 1.30. The van der Waals surface area contributed by atoms with Crippen LogP contribution in [0.5, 0.6) is 0 Å². The number of carbonyl (C=O) groups is 2. The van der Waals surface area contributed by atoms with Crippen molar-refractivity contribution in [3.8, 4) is 0 Å². The summed E-state index contributed by atoms with van der Waals surface area (Å²) in [6.07, 6.45) is 0. The van der Waals surface area contributed by atoms with E-state index in [9.17, 15) is 9.59 Å². The average Bonchev–Trinajstić information content (AvgIpc) is 2.28. The van der Waals surface area contributed by atoms with Crippen LogP contribution in [0.15, 0.2) is 24.3 Å². The number of hydrogen-bond acceptors (Lipinski definition) is 4. The molecule has 5 nitrogen and oxygen atoms in total. The van der Waals surface area contributed by atoms with Crippen molar-refractivity contribution in [1.29, 1.82) is 0 Å². The molecule has 1 atom stereocenters. The first kappa shape index (κ1) is 12.2. The zero-order valence-corrected chi connectivity index (χ0v) is 9.19. The number of carbonyl (C=O) groups excluding carboxylic acids is 2. The standard InChI is InChI=1S/C11H14N2O3/c1-7(12)10(14)13-9-5-3-4-8(6-9)11(15)16-2/h3-7H,12H2,1-2H3,(H,13,14)/t7-/m0/s1. The van der Waals surface area contributed by atoms with Crippen molar-refractivity contribution in [3.63, 3.8) is 0 Å². The van der Waals surface area contributed by atoms with Gasteiger partial charge in [-0.1, -0.05) is 6.07 Å². The Hall–Kier alpha value is -1.88. The summed E-state index contributed by atoms with van der Waals surface area (Å²) in [5.41, 5.74) is 6.30. The number of benzene rings is 1. The number of rotatable bonds is 3. The first-order chi connectivity index (χ1) is 7.54. The van der Waals surface area contributed by atoms with Gasteiger partial charge in [0, 0.05) is 5.69 Å². The maximum Gasteiger partial charge on any atom is 0.337 e. The molecule has 1 amide bonds. The normalized spacial score (nSPS) is 11.7. The molecule has 0 spiro atoms. The molecular weight excluding hydrogens is 208 g/mol. The predicted octanol–water partition coefficient (Wildman–Crippen LogP) is 0.759. The number of nitrogens with one attached hydrogen (secondary N) is 1. The van der Waals surface area contributed by atoms with E-state index in [4.69, 9.17) is 5.73 Å². The molecule has 86 valence electrons. The van der Waals surface area contributed by atoms with E-state index in [2.05, 4.69) is 10.1 Å². The molecule has 0 saturated heterocycles. The smallest absolute Gasteiger partial charge is 0.337 e. The summed E-state index contributed by atoms with van der Waals surface area (Å²) in [4.78, 5) is 22.5. The highest BCUT2D eigenvalue weighted by Crippen LogP contribution is 2.11. The Morgan fingerprint density at radius 3 is 2.69 bits per heavy atom. The van der Waals surface area contributed by atoms with Crippen LogP contribution in [0.1, 0.15) is 17.3 Å². The number of nitrogens with two attached hydrogens (primary N) is 1. The third-order valence-electron chi connectivity index (χ3n) is 1.96. The van der Waals surface area contributed by atoms with Crippen LogP contribution in [0.3, 0.4) is 0 Å². The van der Waals surface area contributed by atoms with Gasteiger partial charge >= 0.3 is 5.97 Å². The minimum atomic E-state index is -0.596. The van der Waals surface area contributed by atoms with E-state index >= 15 is 0 Å². The monoisotopic (exact) mass is 222 g/mol. The van der Waals surface area contributed by atoms with E-state index in [0.29, 0.717) is 11.3 Å². The van der Waals surface area contributed by atoms with E-state index < -0.39 is 12.0 Å². The van der Waals surface area contributed by atoms with Gasteiger partial charge in [0.05, 0.1) is 18.7 Å². The minimum absolute atomic E-state index is 0.304. The molecule has 0 bridgehead atoms. The lowest BCUT2D eigenvalue weighted by Crippen LogP contribution is -2.32. The highest BCUT2D eigenvalue weighted by Gasteiger charge is 2.09. The molecule has 16 heavy (non-hydrogen) atoms. The molecule has 0 fully saturated rings. The van der Waals surface area contributed by atoms with Crippen molar-refractivity contribution in [1.82, 2.24) is 0 Å². The Balaban J connectivity index is 2.83. The Bertz CT molecular complexity index is 402. The number of amides is 1. The van der Waals surface area contributed by atoms with Crippen molar-refractivity contribution in [2.45, 2.75) is 13.0 Å². The van der Waals surface area contributed by atoms with Gasteiger partial charge in [-0.05, 0) is 25.1 Å². The van der Waals surface area contributed by atoms with Crippen molar-refractivity contribution in [2.24, 2.45) is 5.73 Å². The number of methoxy groups -OCH3 is 1. The lowest BCUT2D eigenvalue weighted by atomic mass is 10.2. The second kappa shape index (κ2) is 5.27. The molecule has 0 aliphatic carbocycles. The second-order valence-electron chi connectivity index (χ2n) is 3.35. The number of hydrogen-bond donors (Lipinski definition) is 2. The van der Waals surface area contributed by atoms with Crippen molar-refractivity contribution in [2.75, 3.05) is 12.4 Å². The van der Waals surface area contributed by atoms with E-state index in [1.807, 2.05) is 0 Å². The fourth-order valence-corrected chi connectivity index (χ4v) is 1.10. The molecule has 1 rings (SSSR count). The second-order valence-corrected chi connectivity index (χ2v) is 3.35. The van der Waals surface area contributed by atoms with Crippen LogP contribution in [-0.2, 0) is 9.53 Å². The fourth-order valence-electron chi connectivity index (χ4n) is 1.10. The number of anilines is 1. The molecule has 0 heterocycles. The van der Waals surface area contributed by atoms with Gasteiger partial charge in [0.15, 0.2) is 0 Å². The molecule has 0 aliphatic rings. The van der Waals surface area contributed by atoms with Crippen LogP contribution < -0.4 is 11.1 Å². The highest BCUT2D eigenvalue weighted by atomic mass is 16.5. The van der Waals surface area contributed by atoms with Crippen LogP contribution >= 0.6 is 0 Å². The van der Waals surface area contributed by atoms with Crippen LogP contribution in [-0.4, -0.2) is 25.0 Å². The molecule has 1 aromatic carbocycles. The predicted molar refractivity (Wildman–Crippen MR) is 60.1 cm³/mol. The largest absolute Gasteiger partial charge is 0.465 e. The van der Waals surface area contributed by atoms with Gasteiger partial charge in [0.25, 0.3) is 0 Å². The summed E-state index contributed by atoms with van der Waals surface area (Å²) in [5.74, 6) is -0.751. The number of esters is 1. The SMILES string of the molecule is COC(=O)c1cccc(NC(=O)[C@H](C)N)c1. The summed E-state index contributed by atoms with van der Waals surface area (Å²) < 4.78 is 4.57. The summed E-state index contributed by atoms with van der Waals surface area (Å²) in [5, 5.41) is 2.59. The van der Waals surface area contributed by atoms with E-state index in [-0.39, 0.29) is 5.91 Å². The van der Waals surface area contributed by atoms with Crippen LogP contribution in [0.2, 0.25) is 0 Å². The topological polar surface area (TPSA) is 81.4 Å². The summed E-state index contributed by atoms with van der Waals surface area (Å²) in [6.45, 7) is 1.58. The van der Waals surface area contributed by atoms with Gasteiger partial charge in [0.1, 0.15) is 0 Å². The lowest BCUT2D eigenvalue weighted by Gasteiger charge is -2.08. The molecule has 0 unspecified atom stereocenters. The van der Waals surface area contributed by atoms with E-state index in [1.54, 1.807) is 25.1 Å². The molecule has 0 radical (unpaired) electrons. The quantitative estimate of drug-likeness (QED) is 0.740. The Morgan fingerprint density at radius 1 is 1.44 bits per heavy atom. The summed E-state index contributed by atoms with van der Waals surface area (Å²) >= 11 is 0. The first-order valence-electron chi connectivity index (χ1n) is 4.79. The third-order valence-corrected chi connectivity index (χ3v) is 1.96. The van der Waals surface area contributed by atoms with Gasteiger partial charge in [-0.3, -0.25) is 4.79 Å². The van der Waals surface area contributed by atoms with Crippen LogP contribution in [0.4, 0.5) is 5.69 Å². The van der Waals surface area contributed by atoms with Gasteiger partial charge in [-0.2, -0.15) is 0 Å².